The van der Waals surface area contributed by atoms with Gasteiger partial charge in [0, 0.05) is 22.4 Å². The average Bonchev–Trinajstić information content (AvgIpc) is 3.57. The third-order valence-electron chi connectivity index (χ3n) is 12.9. The van der Waals surface area contributed by atoms with Crippen molar-refractivity contribution < 1.29 is 0 Å². The van der Waals surface area contributed by atoms with Crippen molar-refractivity contribution in [2.75, 3.05) is 5.32 Å². The lowest BCUT2D eigenvalue weighted by molar-refractivity contribution is 0.661. The topological polar surface area (TPSA) is 12.0 Å². The first-order valence-electron chi connectivity index (χ1n) is 21.6. The zero-order valence-electron chi connectivity index (χ0n) is 34.9. The molecule has 0 heterocycles. The Morgan fingerprint density at radius 3 is 1.48 bits per heavy atom. The molecule has 0 bridgehead atoms. The Balaban J connectivity index is 0.995. The van der Waals surface area contributed by atoms with Crippen LogP contribution in [0.2, 0.25) is 0 Å². The van der Waals surface area contributed by atoms with Gasteiger partial charge in [-0.15, -0.1) is 0 Å². The number of nitrogens with one attached hydrogen (secondary N) is 1. The molecule has 294 valence electrons. The Morgan fingerprint density at radius 1 is 0.290 bits per heavy atom. The second-order valence-corrected chi connectivity index (χ2v) is 16.9. The lowest BCUT2D eigenvalue weighted by Gasteiger charge is -2.24. The van der Waals surface area contributed by atoms with Gasteiger partial charge in [0.2, 0.25) is 0 Å². The molecule has 10 aromatic rings. The molecule has 0 amide bonds. The highest BCUT2D eigenvalue weighted by Crippen LogP contribution is 2.54. The van der Waals surface area contributed by atoms with E-state index in [9.17, 15) is 0 Å². The van der Waals surface area contributed by atoms with Crippen molar-refractivity contribution in [1.82, 2.24) is 0 Å². The molecule has 0 fully saturated rings. The molecule has 0 atom stereocenters. The highest BCUT2D eigenvalue weighted by molar-refractivity contribution is 6.09. The van der Waals surface area contributed by atoms with Gasteiger partial charge in [-0.3, -0.25) is 0 Å². The van der Waals surface area contributed by atoms with Crippen LogP contribution in [0, 0.1) is 0 Å². The van der Waals surface area contributed by atoms with Crippen molar-refractivity contribution >= 4 is 22.1 Å². The molecule has 1 heteroatoms. The molecule has 10 aromatic carbocycles. The molecule has 1 N–H and O–H groups in total. The molecule has 0 aliphatic heterocycles. The van der Waals surface area contributed by atoms with Crippen LogP contribution in [0.5, 0.6) is 0 Å². The predicted octanol–water partition coefficient (Wildman–Crippen LogP) is 16.9. The summed E-state index contributed by atoms with van der Waals surface area (Å²) in [6, 6.07) is 84.0. The Hall–Kier alpha value is -7.74. The van der Waals surface area contributed by atoms with Gasteiger partial charge in [0.15, 0.2) is 0 Å². The largest absolute Gasteiger partial charge is 0.355 e. The molecule has 0 aromatic heterocycles. The zero-order valence-corrected chi connectivity index (χ0v) is 34.9. The summed E-state index contributed by atoms with van der Waals surface area (Å²) in [7, 11) is 0. The lowest BCUT2D eigenvalue weighted by atomic mass is 9.80. The molecule has 0 saturated carbocycles. The molecule has 1 aliphatic rings. The second-order valence-electron chi connectivity index (χ2n) is 16.9. The van der Waals surface area contributed by atoms with E-state index in [1.165, 1.54) is 94.2 Å². The van der Waals surface area contributed by atoms with Crippen molar-refractivity contribution in [1.29, 1.82) is 0 Å². The first kappa shape index (κ1) is 37.3. The minimum Gasteiger partial charge on any atom is -0.355 e. The first-order valence-corrected chi connectivity index (χ1v) is 21.6. The Labute approximate surface area is 364 Å². The van der Waals surface area contributed by atoms with Gasteiger partial charge in [-0.25, -0.2) is 0 Å². The summed E-state index contributed by atoms with van der Waals surface area (Å²) in [6.07, 6.45) is 0. The Kier molecular flexibility index (Phi) is 9.24. The average molecular weight is 792 g/mol. The normalized spacial score (nSPS) is 12.5. The third-order valence-corrected chi connectivity index (χ3v) is 12.9. The first-order chi connectivity index (χ1) is 30.5. The van der Waals surface area contributed by atoms with E-state index < -0.39 is 0 Å². The fourth-order valence-corrected chi connectivity index (χ4v) is 9.75. The number of rotatable bonds is 8. The summed E-state index contributed by atoms with van der Waals surface area (Å²) in [5.74, 6) is 0. The fraction of sp³-hybridized carbons (Fsp3) is 0.0492. The molecular formula is C61H45N. The zero-order chi connectivity index (χ0) is 41.6. The minimum absolute atomic E-state index is 0.216. The van der Waals surface area contributed by atoms with Gasteiger partial charge in [0.05, 0.1) is 0 Å². The minimum atomic E-state index is -0.216. The quantitative estimate of drug-likeness (QED) is 0.162. The van der Waals surface area contributed by atoms with Gasteiger partial charge in [0.25, 0.3) is 0 Å². The van der Waals surface area contributed by atoms with Crippen LogP contribution < -0.4 is 5.32 Å². The van der Waals surface area contributed by atoms with E-state index in [1.807, 2.05) is 0 Å². The van der Waals surface area contributed by atoms with Crippen molar-refractivity contribution in [3.8, 4) is 77.9 Å². The lowest BCUT2D eigenvalue weighted by Crippen LogP contribution is -2.15. The molecular weight excluding hydrogens is 747 g/mol. The maximum Gasteiger partial charge on any atom is 0.0464 e. The monoisotopic (exact) mass is 791 g/mol. The van der Waals surface area contributed by atoms with Crippen LogP contribution in [0.4, 0.5) is 11.4 Å². The number of hydrogen-bond donors (Lipinski definition) is 1. The second kappa shape index (κ2) is 15.4. The summed E-state index contributed by atoms with van der Waals surface area (Å²) in [4.78, 5) is 0. The van der Waals surface area contributed by atoms with Crippen molar-refractivity contribution in [2.24, 2.45) is 0 Å². The van der Waals surface area contributed by atoms with Gasteiger partial charge >= 0.3 is 0 Å². The molecule has 1 aliphatic carbocycles. The number of fused-ring (bicyclic) bond motifs is 5. The van der Waals surface area contributed by atoms with Gasteiger partial charge in [0.1, 0.15) is 0 Å². The van der Waals surface area contributed by atoms with Crippen LogP contribution in [0.25, 0.3) is 88.7 Å². The standard InChI is InChI=1S/C61H45N/c1-61(2)57-39-47(35-37-54(57)60-53-28-15-14-26-50(53)55(40-58(60)61)45-32-30-43(31-33-45)41-18-6-3-7-19-41)62-59-29-17-16-27-52(59)51-36-34-46(42-20-8-4-9-21-42)38-56(51)49-25-13-12-24-48(49)44-22-10-5-11-23-44/h3-40,62H,1-2H3. The molecule has 11 rings (SSSR count). The molecule has 0 spiro atoms. The predicted molar refractivity (Wildman–Crippen MR) is 264 cm³/mol. The number of hydrogen-bond acceptors (Lipinski definition) is 1. The van der Waals surface area contributed by atoms with Crippen molar-refractivity contribution in [3.63, 3.8) is 0 Å². The smallest absolute Gasteiger partial charge is 0.0464 e. The Morgan fingerprint density at radius 2 is 0.774 bits per heavy atom. The van der Waals surface area contributed by atoms with Gasteiger partial charge in [-0.1, -0.05) is 214 Å². The van der Waals surface area contributed by atoms with E-state index in [-0.39, 0.29) is 5.41 Å². The highest BCUT2D eigenvalue weighted by Gasteiger charge is 2.37. The van der Waals surface area contributed by atoms with E-state index in [2.05, 4.69) is 250 Å². The SMILES string of the molecule is CC1(C)c2cc(Nc3ccccc3-c3ccc(-c4ccccc4)cc3-c3ccccc3-c3ccccc3)ccc2-c2c1cc(-c1ccc(-c3ccccc3)cc1)c1ccccc21. The maximum absolute atomic E-state index is 3.93. The third kappa shape index (κ3) is 6.51. The number of para-hydroxylation sites is 1. The summed E-state index contributed by atoms with van der Waals surface area (Å²) in [6.45, 7) is 4.77. The molecule has 0 unspecified atom stereocenters. The highest BCUT2D eigenvalue weighted by atomic mass is 14.9. The van der Waals surface area contributed by atoms with Crippen LogP contribution in [-0.2, 0) is 5.41 Å². The van der Waals surface area contributed by atoms with E-state index >= 15 is 0 Å². The van der Waals surface area contributed by atoms with Crippen LogP contribution >= 0.6 is 0 Å². The van der Waals surface area contributed by atoms with Crippen LogP contribution in [0.1, 0.15) is 25.0 Å². The molecule has 0 radical (unpaired) electrons. The number of anilines is 2. The van der Waals surface area contributed by atoms with Crippen LogP contribution in [0.15, 0.2) is 231 Å². The number of benzene rings is 10. The Bertz CT molecular complexity index is 3250. The molecule has 0 saturated heterocycles. The van der Waals surface area contributed by atoms with Gasteiger partial charge < -0.3 is 5.32 Å². The van der Waals surface area contributed by atoms with E-state index in [0.717, 1.165) is 16.9 Å². The van der Waals surface area contributed by atoms with E-state index in [0.29, 0.717) is 0 Å². The fourth-order valence-electron chi connectivity index (χ4n) is 9.75. The van der Waals surface area contributed by atoms with Crippen molar-refractivity contribution in [3.05, 3.63) is 242 Å². The van der Waals surface area contributed by atoms with Crippen LogP contribution in [-0.4, -0.2) is 0 Å². The maximum atomic E-state index is 3.93. The van der Waals surface area contributed by atoms with Crippen LogP contribution in [0.3, 0.4) is 0 Å². The van der Waals surface area contributed by atoms with Crippen molar-refractivity contribution in [2.45, 2.75) is 19.3 Å². The van der Waals surface area contributed by atoms with Gasteiger partial charge in [-0.05, 0) is 125 Å². The van der Waals surface area contributed by atoms with Gasteiger partial charge in [-0.2, -0.15) is 0 Å². The summed E-state index contributed by atoms with van der Waals surface area (Å²) in [5, 5.41) is 6.51. The summed E-state index contributed by atoms with van der Waals surface area (Å²) in [5.41, 5.74) is 21.8. The molecule has 1 nitrogen and oxygen atoms in total. The van der Waals surface area contributed by atoms with E-state index in [1.54, 1.807) is 0 Å². The summed E-state index contributed by atoms with van der Waals surface area (Å²) >= 11 is 0. The summed E-state index contributed by atoms with van der Waals surface area (Å²) < 4.78 is 0. The van der Waals surface area contributed by atoms with E-state index in [4.69, 9.17) is 0 Å². The molecule has 62 heavy (non-hydrogen) atoms.